The Hall–Kier alpha value is -3.98. The van der Waals surface area contributed by atoms with Crippen molar-refractivity contribution < 1.29 is 14.3 Å². The predicted octanol–water partition coefficient (Wildman–Crippen LogP) is 5.99. The molecule has 31 heavy (non-hydrogen) atoms. The molecular weight excluding hydrogens is 384 g/mol. The zero-order valence-electron chi connectivity index (χ0n) is 16.9. The quantitative estimate of drug-likeness (QED) is 0.280. The SMILES string of the molecule is O=C(O[C@H](C(=O)c1ccccc1)c1ccccc1)C(c1ccccc1)c1ccccc1. The van der Waals surface area contributed by atoms with Gasteiger partial charge in [-0.15, -0.1) is 0 Å². The summed E-state index contributed by atoms with van der Waals surface area (Å²) in [5.74, 6) is -1.34. The van der Waals surface area contributed by atoms with Crippen molar-refractivity contribution in [2.45, 2.75) is 12.0 Å². The van der Waals surface area contributed by atoms with E-state index in [-0.39, 0.29) is 5.78 Å². The van der Waals surface area contributed by atoms with Crippen molar-refractivity contribution in [2.75, 3.05) is 0 Å². The van der Waals surface area contributed by atoms with E-state index in [0.29, 0.717) is 11.1 Å². The second kappa shape index (κ2) is 9.68. The lowest BCUT2D eigenvalue weighted by Gasteiger charge is -2.22. The van der Waals surface area contributed by atoms with Gasteiger partial charge >= 0.3 is 5.97 Å². The van der Waals surface area contributed by atoms with Gasteiger partial charge in [-0.25, -0.2) is 0 Å². The van der Waals surface area contributed by atoms with Crippen LogP contribution >= 0.6 is 0 Å². The fourth-order valence-corrected chi connectivity index (χ4v) is 3.59. The molecule has 0 radical (unpaired) electrons. The smallest absolute Gasteiger partial charge is 0.319 e. The molecule has 0 aliphatic heterocycles. The Morgan fingerprint density at radius 2 is 0.903 bits per heavy atom. The van der Waals surface area contributed by atoms with E-state index >= 15 is 0 Å². The van der Waals surface area contributed by atoms with Crippen molar-refractivity contribution in [3.8, 4) is 0 Å². The maximum atomic E-state index is 13.5. The van der Waals surface area contributed by atoms with Crippen LogP contribution in [-0.2, 0) is 9.53 Å². The first-order valence-corrected chi connectivity index (χ1v) is 10.2. The molecule has 0 saturated carbocycles. The lowest BCUT2D eigenvalue weighted by Crippen LogP contribution is -2.24. The Bertz CT molecular complexity index is 1080. The summed E-state index contributed by atoms with van der Waals surface area (Å²) < 4.78 is 5.94. The van der Waals surface area contributed by atoms with Gasteiger partial charge in [0.1, 0.15) is 5.92 Å². The number of Topliss-reactive ketones (excluding diaryl/α,β-unsaturated/α-hetero) is 1. The van der Waals surface area contributed by atoms with E-state index in [1.165, 1.54) is 0 Å². The molecule has 0 saturated heterocycles. The van der Waals surface area contributed by atoms with Gasteiger partial charge in [0, 0.05) is 11.1 Å². The first kappa shape index (κ1) is 20.3. The molecular formula is C28H22O3. The molecule has 4 aromatic rings. The van der Waals surface area contributed by atoms with Crippen molar-refractivity contribution >= 4 is 11.8 Å². The number of ether oxygens (including phenoxy) is 1. The average molecular weight is 406 g/mol. The minimum Gasteiger partial charge on any atom is -0.448 e. The molecule has 0 fully saturated rings. The molecule has 3 nitrogen and oxygen atoms in total. The molecule has 0 unspecified atom stereocenters. The monoisotopic (exact) mass is 406 g/mol. The fourth-order valence-electron chi connectivity index (χ4n) is 3.59. The summed E-state index contributed by atoms with van der Waals surface area (Å²) in [6.07, 6.45) is -1.02. The van der Waals surface area contributed by atoms with E-state index < -0.39 is 18.0 Å². The summed E-state index contributed by atoms with van der Waals surface area (Å²) in [4.78, 5) is 26.8. The number of esters is 1. The molecule has 152 valence electrons. The highest BCUT2D eigenvalue weighted by Crippen LogP contribution is 2.30. The van der Waals surface area contributed by atoms with Gasteiger partial charge in [0.15, 0.2) is 6.10 Å². The number of hydrogen-bond acceptors (Lipinski definition) is 3. The average Bonchev–Trinajstić information content (AvgIpc) is 2.85. The third kappa shape index (κ3) is 4.78. The van der Waals surface area contributed by atoms with Gasteiger partial charge in [-0.05, 0) is 11.1 Å². The van der Waals surface area contributed by atoms with Crippen molar-refractivity contribution in [3.05, 3.63) is 144 Å². The molecule has 0 N–H and O–H groups in total. The van der Waals surface area contributed by atoms with Crippen LogP contribution in [0.1, 0.15) is 39.1 Å². The number of benzene rings is 4. The van der Waals surface area contributed by atoms with Crippen molar-refractivity contribution in [3.63, 3.8) is 0 Å². The number of carbonyl (C=O) groups excluding carboxylic acids is 2. The van der Waals surface area contributed by atoms with Crippen molar-refractivity contribution in [2.24, 2.45) is 0 Å². The van der Waals surface area contributed by atoms with Crippen LogP contribution in [0.3, 0.4) is 0 Å². The molecule has 0 aliphatic rings. The highest BCUT2D eigenvalue weighted by atomic mass is 16.5. The van der Waals surface area contributed by atoms with Gasteiger partial charge in [-0.2, -0.15) is 0 Å². The zero-order chi connectivity index (χ0) is 21.5. The standard InChI is InChI=1S/C28H22O3/c29-26(23-17-9-3-10-18-23)27(24-19-11-4-12-20-24)31-28(30)25(21-13-5-1-6-14-21)22-15-7-2-8-16-22/h1-20,25,27H/t27-/m0/s1. The first-order valence-electron chi connectivity index (χ1n) is 10.2. The molecule has 0 heterocycles. The van der Waals surface area contributed by atoms with Crippen LogP contribution in [0, 0.1) is 0 Å². The lowest BCUT2D eigenvalue weighted by molar-refractivity contribution is -0.148. The molecule has 0 spiro atoms. The summed E-state index contributed by atoms with van der Waals surface area (Å²) in [6.45, 7) is 0. The highest BCUT2D eigenvalue weighted by molar-refractivity contribution is 6.01. The summed E-state index contributed by atoms with van der Waals surface area (Å²) in [5.41, 5.74) is 2.78. The van der Waals surface area contributed by atoms with Gasteiger partial charge in [-0.3, -0.25) is 9.59 Å². The molecule has 4 rings (SSSR count). The minimum atomic E-state index is -1.02. The molecule has 0 aliphatic carbocycles. The van der Waals surface area contributed by atoms with E-state index in [0.717, 1.165) is 11.1 Å². The molecule has 0 amide bonds. The third-order valence-electron chi connectivity index (χ3n) is 5.13. The fraction of sp³-hybridized carbons (Fsp3) is 0.0714. The third-order valence-corrected chi connectivity index (χ3v) is 5.13. The maximum absolute atomic E-state index is 13.5. The Balaban J connectivity index is 1.71. The summed E-state index contributed by atoms with van der Waals surface area (Å²) >= 11 is 0. The number of hydrogen-bond donors (Lipinski definition) is 0. The predicted molar refractivity (Wildman–Crippen MR) is 121 cm³/mol. The van der Waals surface area contributed by atoms with E-state index in [1.54, 1.807) is 36.4 Å². The summed E-state index contributed by atoms with van der Waals surface area (Å²) in [5, 5.41) is 0. The zero-order valence-corrected chi connectivity index (χ0v) is 16.9. The maximum Gasteiger partial charge on any atom is 0.319 e. The van der Waals surface area contributed by atoms with Crippen molar-refractivity contribution in [1.29, 1.82) is 0 Å². The van der Waals surface area contributed by atoms with Crippen LogP contribution in [0.2, 0.25) is 0 Å². The number of carbonyl (C=O) groups is 2. The van der Waals surface area contributed by atoms with E-state index in [9.17, 15) is 9.59 Å². The normalized spacial score (nSPS) is 11.6. The van der Waals surface area contributed by atoms with E-state index in [4.69, 9.17) is 4.74 Å². The van der Waals surface area contributed by atoms with Gasteiger partial charge in [0.2, 0.25) is 5.78 Å². The van der Waals surface area contributed by atoms with Crippen LogP contribution in [-0.4, -0.2) is 11.8 Å². The second-order valence-electron chi connectivity index (χ2n) is 7.21. The van der Waals surface area contributed by atoms with Gasteiger partial charge in [-0.1, -0.05) is 121 Å². The van der Waals surface area contributed by atoms with Crippen LogP contribution in [0.25, 0.3) is 0 Å². The Labute approximate surface area is 181 Å². The molecule has 0 aromatic heterocycles. The van der Waals surface area contributed by atoms with Gasteiger partial charge in [0.25, 0.3) is 0 Å². The lowest BCUT2D eigenvalue weighted by atomic mass is 9.91. The number of ketones is 1. The number of rotatable bonds is 7. The minimum absolute atomic E-state index is 0.250. The molecule has 3 heteroatoms. The topological polar surface area (TPSA) is 43.4 Å². The van der Waals surface area contributed by atoms with Crippen LogP contribution in [0.5, 0.6) is 0 Å². The summed E-state index contributed by atoms with van der Waals surface area (Å²) in [7, 11) is 0. The molecule has 0 bridgehead atoms. The summed E-state index contributed by atoms with van der Waals surface area (Å²) in [6, 6.07) is 37.0. The molecule has 1 atom stereocenters. The second-order valence-corrected chi connectivity index (χ2v) is 7.21. The van der Waals surface area contributed by atoms with Crippen LogP contribution in [0.4, 0.5) is 0 Å². The van der Waals surface area contributed by atoms with Crippen molar-refractivity contribution in [1.82, 2.24) is 0 Å². The Kier molecular flexibility index (Phi) is 6.34. The van der Waals surface area contributed by atoms with E-state index in [2.05, 4.69) is 0 Å². The van der Waals surface area contributed by atoms with Gasteiger partial charge in [0.05, 0.1) is 0 Å². The molecule has 4 aromatic carbocycles. The highest BCUT2D eigenvalue weighted by Gasteiger charge is 2.31. The first-order chi connectivity index (χ1) is 15.2. The van der Waals surface area contributed by atoms with E-state index in [1.807, 2.05) is 84.9 Å². The van der Waals surface area contributed by atoms with Crippen LogP contribution < -0.4 is 0 Å². The Morgan fingerprint density at radius 3 is 1.35 bits per heavy atom. The Morgan fingerprint density at radius 1 is 0.516 bits per heavy atom. The van der Waals surface area contributed by atoms with Crippen LogP contribution in [0.15, 0.2) is 121 Å². The van der Waals surface area contributed by atoms with Gasteiger partial charge < -0.3 is 4.74 Å². The largest absolute Gasteiger partial charge is 0.448 e.